The standard InChI is InChI=1S/C23H26N2OS/c1-16-5-10-18(11-6-16)20-15-27-22(24-20)25-21(26)14-9-17-7-12-19(13-8-17)23(2,3)4/h5-8,10-13,15H,9,14H2,1-4H3,(H,24,25,26). The lowest BCUT2D eigenvalue weighted by Gasteiger charge is -2.19. The van der Waals surface area contributed by atoms with Crippen molar-refractivity contribution in [3.63, 3.8) is 0 Å². The molecule has 0 aliphatic heterocycles. The summed E-state index contributed by atoms with van der Waals surface area (Å²) in [5.41, 5.74) is 5.82. The number of nitrogens with zero attached hydrogens (tertiary/aromatic N) is 1. The molecule has 0 aliphatic carbocycles. The normalized spacial score (nSPS) is 11.4. The van der Waals surface area contributed by atoms with E-state index in [1.54, 1.807) is 0 Å². The van der Waals surface area contributed by atoms with Crippen molar-refractivity contribution in [2.24, 2.45) is 0 Å². The van der Waals surface area contributed by atoms with Crippen LogP contribution in [-0.4, -0.2) is 10.9 Å². The average Bonchev–Trinajstić information content (AvgIpc) is 3.08. The lowest BCUT2D eigenvalue weighted by Crippen LogP contribution is -2.13. The molecule has 0 bridgehead atoms. The molecule has 27 heavy (non-hydrogen) atoms. The van der Waals surface area contributed by atoms with Gasteiger partial charge in [-0.1, -0.05) is 74.9 Å². The van der Waals surface area contributed by atoms with E-state index in [-0.39, 0.29) is 11.3 Å². The number of benzene rings is 2. The first kappa shape index (κ1) is 19.3. The molecule has 3 rings (SSSR count). The van der Waals surface area contributed by atoms with E-state index in [1.165, 1.54) is 28.0 Å². The van der Waals surface area contributed by atoms with Gasteiger partial charge in [0.25, 0.3) is 0 Å². The molecule has 3 nitrogen and oxygen atoms in total. The number of anilines is 1. The fourth-order valence-electron chi connectivity index (χ4n) is 2.80. The van der Waals surface area contributed by atoms with Crippen molar-refractivity contribution < 1.29 is 4.79 Å². The van der Waals surface area contributed by atoms with E-state index in [4.69, 9.17) is 0 Å². The maximum Gasteiger partial charge on any atom is 0.226 e. The monoisotopic (exact) mass is 378 g/mol. The van der Waals surface area contributed by atoms with Gasteiger partial charge in [-0.3, -0.25) is 4.79 Å². The number of thiazole rings is 1. The molecule has 0 aliphatic rings. The van der Waals surface area contributed by atoms with Crippen LogP contribution in [0, 0.1) is 6.92 Å². The maximum atomic E-state index is 12.3. The maximum absolute atomic E-state index is 12.3. The SMILES string of the molecule is Cc1ccc(-c2csc(NC(=O)CCc3ccc(C(C)(C)C)cc3)n2)cc1. The third kappa shape index (κ3) is 5.27. The molecule has 0 saturated heterocycles. The highest BCUT2D eigenvalue weighted by Gasteiger charge is 2.13. The zero-order valence-electron chi connectivity index (χ0n) is 16.4. The molecule has 0 saturated carbocycles. The third-order valence-electron chi connectivity index (χ3n) is 4.56. The Morgan fingerprint density at radius 3 is 2.33 bits per heavy atom. The van der Waals surface area contributed by atoms with Crippen molar-refractivity contribution in [2.75, 3.05) is 5.32 Å². The number of carbonyl (C=O) groups is 1. The van der Waals surface area contributed by atoms with Crippen LogP contribution in [0.2, 0.25) is 0 Å². The minimum Gasteiger partial charge on any atom is -0.302 e. The number of amides is 1. The Balaban J connectivity index is 1.54. The van der Waals surface area contributed by atoms with E-state index < -0.39 is 0 Å². The van der Waals surface area contributed by atoms with Crippen molar-refractivity contribution in [1.82, 2.24) is 4.98 Å². The molecule has 0 fully saturated rings. The van der Waals surface area contributed by atoms with Crippen LogP contribution in [0.3, 0.4) is 0 Å². The Labute approximate surface area is 165 Å². The second-order valence-corrected chi connectivity index (χ2v) is 8.76. The summed E-state index contributed by atoms with van der Waals surface area (Å²) in [7, 11) is 0. The molecule has 0 unspecified atom stereocenters. The van der Waals surface area contributed by atoms with Gasteiger partial charge in [0.15, 0.2) is 5.13 Å². The van der Waals surface area contributed by atoms with E-state index in [0.717, 1.165) is 17.7 Å². The van der Waals surface area contributed by atoms with Crippen LogP contribution in [0.15, 0.2) is 53.9 Å². The van der Waals surface area contributed by atoms with Crippen molar-refractivity contribution in [2.45, 2.75) is 46.0 Å². The number of hydrogen-bond acceptors (Lipinski definition) is 3. The Hall–Kier alpha value is -2.46. The van der Waals surface area contributed by atoms with Crippen LogP contribution < -0.4 is 5.32 Å². The largest absolute Gasteiger partial charge is 0.302 e. The van der Waals surface area contributed by atoms with Gasteiger partial charge in [-0.25, -0.2) is 4.98 Å². The summed E-state index contributed by atoms with van der Waals surface area (Å²) in [6.45, 7) is 8.67. The van der Waals surface area contributed by atoms with Gasteiger partial charge in [0.1, 0.15) is 0 Å². The molecule has 0 spiro atoms. The number of rotatable bonds is 5. The molecular weight excluding hydrogens is 352 g/mol. The Bertz CT molecular complexity index is 903. The van der Waals surface area contributed by atoms with Gasteiger partial charge < -0.3 is 5.32 Å². The van der Waals surface area contributed by atoms with Gasteiger partial charge in [-0.2, -0.15) is 0 Å². The predicted octanol–water partition coefficient (Wildman–Crippen LogP) is 5.99. The molecule has 0 atom stereocenters. The molecule has 3 aromatic rings. The predicted molar refractivity (Wildman–Crippen MR) is 114 cm³/mol. The summed E-state index contributed by atoms with van der Waals surface area (Å²) in [4.78, 5) is 16.8. The van der Waals surface area contributed by atoms with Crippen LogP contribution in [0.4, 0.5) is 5.13 Å². The van der Waals surface area contributed by atoms with Gasteiger partial charge in [0.2, 0.25) is 5.91 Å². The fourth-order valence-corrected chi connectivity index (χ4v) is 3.53. The number of aromatic nitrogens is 1. The molecular formula is C23H26N2OS. The van der Waals surface area contributed by atoms with Crippen molar-refractivity contribution in [3.8, 4) is 11.3 Å². The van der Waals surface area contributed by atoms with E-state index in [1.807, 2.05) is 5.38 Å². The average molecular weight is 379 g/mol. The third-order valence-corrected chi connectivity index (χ3v) is 5.32. The quantitative estimate of drug-likeness (QED) is 0.593. The number of aryl methyl sites for hydroxylation is 2. The molecule has 0 radical (unpaired) electrons. The second kappa shape index (κ2) is 8.05. The molecule has 2 aromatic carbocycles. The first-order valence-electron chi connectivity index (χ1n) is 9.23. The molecule has 4 heteroatoms. The molecule has 1 amide bonds. The first-order valence-corrected chi connectivity index (χ1v) is 10.1. The summed E-state index contributed by atoms with van der Waals surface area (Å²) in [6, 6.07) is 16.8. The molecule has 140 valence electrons. The van der Waals surface area contributed by atoms with Crippen molar-refractivity contribution in [1.29, 1.82) is 0 Å². The summed E-state index contributed by atoms with van der Waals surface area (Å²) >= 11 is 1.46. The molecule has 1 heterocycles. The molecule has 1 aromatic heterocycles. The lowest BCUT2D eigenvalue weighted by atomic mass is 9.86. The summed E-state index contributed by atoms with van der Waals surface area (Å²) in [6.07, 6.45) is 1.18. The van der Waals surface area contributed by atoms with Gasteiger partial charge in [-0.05, 0) is 29.9 Å². The lowest BCUT2D eigenvalue weighted by molar-refractivity contribution is -0.116. The van der Waals surface area contributed by atoms with Crippen molar-refractivity contribution in [3.05, 3.63) is 70.6 Å². The van der Waals surface area contributed by atoms with Gasteiger partial charge in [0, 0.05) is 17.4 Å². The van der Waals surface area contributed by atoms with Gasteiger partial charge in [0.05, 0.1) is 5.69 Å². The topological polar surface area (TPSA) is 42.0 Å². The zero-order chi connectivity index (χ0) is 19.4. The number of nitrogens with one attached hydrogen (secondary N) is 1. The second-order valence-electron chi connectivity index (χ2n) is 7.90. The smallest absolute Gasteiger partial charge is 0.226 e. The van der Waals surface area contributed by atoms with E-state index in [0.29, 0.717) is 11.6 Å². The number of carbonyl (C=O) groups excluding carboxylic acids is 1. The first-order chi connectivity index (χ1) is 12.8. The Morgan fingerprint density at radius 2 is 1.70 bits per heavy atom. The van der Waals surface area contributed by atoms with Crippen LogP contribution in [0.25, 0.3) is 11.3 Å². The highest BCUT2D eigenvalue weighted by molar-refractivity contribution is 7.14. The van der Waals surface area contributed by atoms with Gasteiger partial charge >= 0.3 is 0 Å². The van der Waals surface area contributed by atoms with Crippen LogP contribution in [0.5, 0.6) is 0 Å². The van der Waals surface area contributed by atoms with E-state index >= 15 is 0 Å². The zero-order valence-corrected chi connectivity index (χ0v) is 17.2. The van der Waals surface area contributed by atoms with Crippen molar-refractivity contribution >= 4 is 22.4 Å². The van der Waals surface area contributed by atoms with E-state index in [2.05, 4.69) is 86.5 Å². The highest BCUT2D eigenvalue weighted by Crippen LogP contribution is 2.25. The van der Waals surface area contributed by atoms with Crippen LogP contribution in [0.1, 0.15) is 43.9 Å². The Kier molecular flexibility index (Phi) is 5.76. The molecule has 1 N–H and O–H groups in total. The Morgan fingerprint density at radius 1 is 1.04 bits per heavy atom. The fraction of sp³-hybridized carbons (Fsp3) is 0.304. The van der Waals surface area contributed by atoms with Crippen LogP contribution >= 0.6 is 11.3 Å². The highest BCUT2D eigenvalue weighted by atomic mass is 32.1. The summed E-state index contributed by atoms with van der Waals surface area (Å²) < 4.78 is 0. The number of hydrogen-bond donors (Lipinski definition) is 1. The summed E-state index contributed by atoms with van der Waals surface area (Å²) in [5.74, 6) is -0.000274. The minimum absolute atomic E-state index is 0.000274. The van der Waals surface area contributed by atoms with Crippen LogP contribution in [-0.2, 0) is 16.6 Å². The minimum atomic E-state index is -0.000274. The summed E-state index contributed by atoms with van der Waals surface area (Å²) in [5, 5.41) is 5.55. The van der Waals surface area contributed by atoms with E-state index in [9.17, 15) is 4.79 Å². The van der Waals surface area contributed by atoms with Gasteiger partial charge in [-0.15, -0.1) is 11.3 Å².